The van der Waals surface area contributed by atoms with Crippen LogP contribution < -0.4 is 15.8 Å². The predicted molar refractivity (Wildman–Crippen MR) is 67.7 cm³/mol. The molecule has 1 aromatic carbocycles. The van der Waals surface area contributed by atoms with Gasteiger partial charge in [-0.3, -0.25) is 4.79 Å². The first-order valence-corrected chi connectivity index (χ1v) is 5.81. The van der Waals surface area contributed by atoms with Crippen LogP contribution in [0.3, 0.4) is 0 Å². The highest BCUT2D eigenvalue weighted by atomic mass is 16.5. The lowest BCUT2D eigenvalue weighted by Gasteiger charge is -2.11. The lowest BCUT2D eigenvalue weighted by Crippen LogP contribution is -2.31. The van der Waals surface area contributed by atoms with Crippen molar-refractivity contribution in [2.75, 3.05) is 13.2 Å². The van der Waals surface area contributed by atoms with Crippen LogP contribution in [-0.4, -0.2) is 19.1 Å². The van der Waals surface area contributed by atoms with Crippen LogP contribution in [0.5, 0.6) is 5.75 Å². The van der Waals surface area contributed by atoms with E-state index in [0.29, 0.717) is 24.8 Å². The second-order valence-corrected chi connectivity index (χ2v) is 4.30. The van der Waals surface area contributed by atoms with Gasteiger partial charge in [0.2, 0.25) is 0 Å². The van der Waals surface area contributed by atoms with E-state index in [1.54, 1.807) is 0 Å². The maximum Gasteiger partial charge on any atom is 0.257 e. The minimum atomic E-state index is -0.106. The highest BCUT2D eigenvalue weighted by Gasteiger charge is 2.05. The molecule has 0 aliphatic rings. The van der Waals surface area contributed by atoms with Crippen molar-refractivity contribution >= 4 is 5.91 Å². The number of amides is 1. The Morgan fingerprint density at radius 2 is 2.12 bits per heavy atom. The van der Waals surface area contributed by atoms with Crippen LogP contribution in [0, 0.1) is 5.92 Å². The van der Waals surface area contributed by atoms with E-state index in [-0.39, 0.29) is 12.5 Å². The number of nitrogens with one attached hydrogen (secondary N) is 1. The Balaban J connectivity index is 2.42. The Labute approximate surface area is 102 Å². The summed E-state index contributed by atoms with van der Waals surface area (Å²) in [5.41, 5.74) is 6.48. The Bertz CT molecular complexity index is 364. The normalized spacial score (nSPS) is 10.4. The molecule has 1 amide bonds. The van der Waals surface area contributed by atoms with Gasteiger partial charge in [-0.15, -0.1) is 0 Å². The smallest absolute Gasteiger partial charge is 0.257 e. The molecule has 0 saturated carbocycles. The van der Waals surface area contributed by atoms with E-state index < -0.39 is 0 Å². The second-order valence-electron chi connectivity index (χ2n) is 4.30. The van der Waals surface area contributed by atoms with Crippen molar-refractivity contribution in [1.29, 1.82) is 0 Å². The molecule has 3 N–H and O–H groups in total. The zero-order chi connectivity index (χ0) is 12.7. The van der Waals surface area contributed by atoms with E-state index in [0.717, 1.165) is 5.56 Å². The van der Waals surface area contributed by atoms with Crippen molar-refractivity contribution in [3.05, 3.63) is 29.8 Å². The summed E-state index contributed by atoms with van der Waals surface area (Å²) < 4.78 is 5.43. The van der Waals surface area contributed by atoms with Crippen LogP contribution in [0.15, 0.2) is 24.3 Å². The Hall–Kier alpha value is -1.55. The van der Waals surface area contributed by atoms with Crippen LogP contribution in [0.25, 0.3) is 0 Å². The summed E-state index contributed by atoms with van der Waals surface area (Å²) in [7, 11) is 0. The molecule has 4 heteroatoms. The average molecular weight is 236 g/mol. The van der Waals surface area contributed by atoms with Gasteiger partial charge in [-0.1, -0.05) is 32.0 Å². The van der Waals surface area contributed by atoms with E-state index in [4.69, 9.17) is 10.5 Å². The molecule has 0 aliphatic heterocycles. The van der Waals surface area contributed by atoms with Crippen molar-refractivity contribution in [3.8, 4) is 5.75 Å². The van der Waals surface area contributed by atoms with Gasteiger partial charge < -0.3 is 15.8 Å². The summed E-state index contributed by atoms with van der Waals surface area (Å²) in [5.74, 6) is 1.01. The van der Waals surface area contributed by atoms with Crippen LogP contribution in [-0.2, 0) is 11.3 Å². The molecule has 0 heterocycles. The van der Waals surface area contributed by atoms with Gasteiger partial charge in [0.25, 0.3) is 5.91 Å². The van der Waals surface area contributed by atoms with Gasteiger partial charge >= 0.3 is 0 Å². The fourth-order valence-corrected chi connectivity index (χ4v) is 1.33. The van der Waals surface area contributed by atoms with Crippen LogP contribution in [0.4, 0.5) is 0 Å². The molecule has 0 unspecified atom stereocenters. The molecule has 0 bridgehead atoms. The summed E-state index contributed by atoms with van der Waals surface area (Å²) >= 11 is 0. The molecule has 0 radical (unpaired) electrons. The molecular formula is C13H20N2O2. The van der Waals surface area contributed by atoms with E-state index in [1.807, 2.05) is 38.1 Å². The quantitative estimate of drug-likeness (QED) is 0.782. The molecule has 4 nitrogen and oxygen atoms in total. The first-order valence-electron chi connectivity index (χ1n) is 5.81. The first-order chi connectivity index (χ1) is 8.13. The summed E-state index contributed by atoms with van der Waals surface area (Å²) in [6.45, 7) is 5.20. The van der Waals surface area contributed by atoms with Crippen molar-refractivity contribution < 1.29 is 9.53 Å². The zero-order valence-corrected chi connectivity index (χ0v) is 10.4. The topological polar surface area (TPSA) is 64.3 Å². The summed E-state index contributed by atoms with van der Waals surface area (Å²) in [4.78, 5) is 11.5. The number of carbonyl (C=O) groups is 1. The van der Waals surface area contributed by atoms with Gasteiger partial charge in [-0.05, 0) is 12.0 Å². The van der Waals surface area contributed by atoms with E-state index in [9.17, 15) is 4.79 Å². The van der Waals surface area contributed by atoms with Gasteiger partial charge in [0, 0.05) is 18.7 Å². The van der Waals surface area contributed by atoms with Crippen molar-refractivity contribution in [2.45, 2.75) is 20.4 Å². The predicted octanol–water partition coefficient (Wildman–Crippen LogP) is 1.30. The Morgan fingerprint density at radius 1 is 1.41 bits per heavy atom. The van der Waals surface area contributed by atoms with Crippen LogP contribution in [0.2, 0.25) is 0 Å². The van der Waals surface area contributed by atoms with E-state index in [1.165, 1.54) is 0 Å². The lowest BCUT2D eigenvalue weighted by atomic mass is 10.2. The summed E-state index contributed by atoms with van der Waals surface area (Å²) in [6.07, 6.45) is 0. The molecule has 94 valence electrons. The fourth-order valence-electron chi connectivity index (χ4n) is 1.33. The van der Waals surface area contributed by atoms with Crippen molar-refractivity contribution in [1.82, 2.24) is 5.32 Å². The number of para-hydroxylation sites is 1. The van der Waals surface area contributed by atoms with Gasteiger partial charge in [0.15, 0.2) is 6.61 Å². The number of benzene rings is 1. The van der Waals surface area contributed by atoms with E-state index >= 15 is 0 Å². The van der Waals surface area contributed by atoms with Crippen LogP contribution >= 0.6 is 0 Å². The molecule has 0 atom stereocenters. The maximum absolute atomic E-state index is 11.5. The second kappa shape index (κ2) is 6.91. The zero-order valence-electron chi connectivity index (χ0n) is 10.4. The minimum Gasteiger partial charge on any atom is -0.483 e. The summed E-state index contributed by atoms with van der Waals surface area (Å²) in [5, 5.41) is 2.79. The number of carbonyl (C=O) groups excluding carboxylic acids is 1. The molecule has 0 saturated heterocycles. The SMILES string of the molecule is CC(C)CNC(=O)COc1ccccc1CN. The van der Waals surface area contributed by atoms with Crippen molar-refractivity contribution in [3.63, 3.8) is 0 Å². The molecule has 0 spiro atoms. The molecule has 1 aromatic rings. The average Bonchev–Trinajstić information content (AvgIpc) is 2.34. The largest absolute Gasteiger partial charge is 0.483 e. The first kappa shape index (κ1) is 13.5. The minimum absolute atomic E-state index is 0.0315. The molecular weight excluding hydrogens is 216 g/mol. The van der Waals surface area contributed by atoms with Gasteiger partial charge in [-0.25, -0.2) is 0 Å². The standard InChI is InChI=1S/C13H20N2O2/c1-10(2)8-15-13(16)9-17-12-6-4-3-5-11(12)7-14/h3-6,10H,7-9,14H2,1-2H3,(H,15,16). The maximum atomic E-state index is 11.5. The number of hydrogen-bond donors (Lipinski definition) is 2. The number of nitrogens with two attached hydrogens (primary N) is 1. The molecule has 0 fully saturated rings. The molecule has 17 heavy (non-hydrogen) atoms. The summed E-state index contributed by atoms with van der Waals surface area (Å²) in [6, 6.07) is 7.47. The van der Waals surface area contributed by atoms with Crippen LogP contribution in [0.1, 0.15) is 19.4 Å². The van der Waals surface area contributed by atoms with Gasteiger partial charge in [0.1, 0.15) is 5.75 Å². The third kappa shape index (κ3) is 4.87. The molecule has 0 aromatic heterocycles. The lowest BCUT2D eigenvalue weighted by molar-refractivity contribution is -0.123. The third-order valence-electron chi connectivity index (χ3n) is 2.26. The Kier molecular flexibility index (Phi) is 5.49. The molecule has 1 rings (SSSR count). The monoisotopic (exact) mass is 236 g/mol. The number of ether oxygens (including phenoxy) is 1. The number of hydrogen-bond acceptors (Lipinski definition) is 3. The molecule has 0 aliphatic carbocycles. The van der Waals surface area contributed by atoms with E-state index in [2.05, 4.69) is 5.32 Å². The Morgan fingerprint density at radius 3 is 2.76 bits per heavy atom. The highest BCUT2D eigenvalue weighted by Crippen LogP contribution is 2.16. The van der Waals surface area contributed by atoms with Gasteiger partial charge in [0.05, 0.1) is 0 Å². The van der Waals surface area contributed by atoms with Crippen molar-refractivity contribution in [2.24, 2.45) is 11.7 Å². The third-order valence-corrected chi connectivity index (χ3v) is 2.26. The number of rotatable bonds is 6. The van der Waals surface area contributed by atoms with Gasteiger partial charge in [-0.2, -0.15) is 0 Å². The highest BCUT2D eigenvalue weighted by molar-refractivity contribution is 5.77. The fraction of sp³-hybridized carbons (Fsp3) is 0.462.